The highest BCUT2D eigenvalue weighted by atomic mass is 79.9. The van der Waals surface area contributed by atoms with Gasteiger partial charge in [-0.3, -0.25) is 14.4 Å². The van der Waals surface area contributed by atoms with Gasteiger partial charge in [0.15, 0.2) is 0 Å². The molecule has 1 aliphatic carbocycles. The van der Waals surface area contributed by atoms with Gasteiger partial charge in [0, 0.05) is 48.5 Å². The summed E-state index contributed by atoms with van der Waals surface area (Å²) in [5.41, 5.74) is -1.16. The predicted octanol–water partition coefficient (Wildman–Crippen LogP) is 2.65. The van der Waals surface area contributed by atoms with Gasteiger partial charge >= 0.3 is 18.0 Å². The number of carboxylic acid groups (broad SMARTS) is 2. The number of hydrogen-bond acceptors (Lipinski definition) is 8. The number of aliphatic carboxylic acids is 2. The normalized spacial score (nSPS) is 16.8. The minimum Gasteiger partial charge on any atom is -0.481 e. The molecule has 14 heteroatoms. The molecular formula is C27H31BrN4O9. The van der Waals surface area contributed by atoms with Crippen molar-refractivity contribution in [2.45, 2.75) is 50.7 Å². The maximum Gasteiger partial charge on any atom is 0.409 e. The number of nitrogens with zero attached hydrogens (tertiary/aromatic N) is 3. The zero-order valence-electron chi connectivity index (χ0n) is 22.4. The predicted molar refractivity (Wildman–Crippen MR) is 148 cm³/mol. The van der Waals surface area contributed by atoms with Gasteiger partial charge in [-0.05, 0) is 50.8 Å². The Balaban J connectivity index is 1.56. The lowest BCUT2D eigenvalue weighted by Gasteiger charge is -2.38. The van der Waals surface area contributed by atoms with Crippen LogP contribution in [0, 0.1) is 0 Å². The van der Waals surface area contributed by atoms with Crippen LogP contribution in [-0.2, 0) is 19.1 Å². The number of carbonyl (C=O) groups excluding carboxylic acids is 3. The Morgan fingerprint density at radius 1 is 1.07 bits per heavy atom. The van der Waals surface area contributed by atoms with Gasteiger partial charge in [-0.25, -0.2) is 14.6 Å². The molecule has 1 saturated carbocycles. The van der Waals surface area contributed by atoms with E-state index >= 15 is 0 Å². The molecule has 220 valence electrons. The van der Waals surface area contributed by atoms with Crippen molar-refractivity contribution in [2.24, 2.45) is 0 Å². The molecule has 1 unspecified atom stereocenters. The van der Waals surface area contributed by atoms with Crippen LogP contribution in [0.3, 0.4) is 0 Å². The van der Waals surface area contributed by atoms with E-state index in [-0.39, 0.29) is 57.1 Å². The van der Waals surface area contributed by atoms with Crippen LogP contribution in [0.5, 0.6) is 5.75 Å². The Hall–Kier alpha value is -3.94. The minimum atomic E-state index is -1.40. The SMILES string of the molecule is CCOC(=O)N1CCN(C(=O)C(CCC(=O)O)NC(=O)c2cc(OC3(C(=O)O)CCC3)c3ccc(Br)cc3n2)CC1. The number of halogens is 1. The third kappa shape index (κ3) is 6.87. The first-order chi connectivity index (χ1) is 19.5. The van der Waals surface area contributed by atoms with E-state index < -0.39 is 41.5 Å². The standard InChI is InChI=1S/C27H31BrN4O9/c1-2-40-26(39)32-12-10-31(11-13-32)24(36)18(6-7-22(33)34)30-23(35)20-15-21(41-27(25(37)38)8-3-9-27)17-5-4-16(28)14-19(17)29-20/h4-5,14-15,18H,2-3,6-13H2,1H3,(H,30,35)(H,33,34)(H,37,38). The van der Waals surface area contributed by atoms with E-state index in [0.717, 1.165) is 0 Å². The van der Waals surface area contributed by atoms with Crippen LogP contribution in [0.25, 0.3) is 10.9 Å². The molecule has 1 atom stereocenters. The van der Waals surface area contributed by atoms with Crippen molar-refractivity contribution in [3.8, 4) is 5.75 Å². The number of rotatable bonds is 10. The zero-order chi connectivity index (χ0) is 29.7. The molecule has 3 amide bonds. The summed E-state index contributed by atoms with van der Waals surface area (Å²) < 4.78 is 11.7. The van der Waals surface area contributed by atoms with Crippen LogP contribution in [-0.4, -0.2) is 99.3 Å². The number of amides is 3. The Morgan fingerprint density at radius 3 is 2.34 bits per heavy atom. The summed E-state index contributed by atoms with van der Waals surface area (Å²) >= 11 is 3.37. The molecule has 0 radical (unpaired) electrons. The van der Waals surface area contributed by atoms with Gasteiger partial charge in [0.25, 0.3) is 5.91 Å². The van der Waals surface area contributed by atoms with Crippen LogP contribution in [0.2, 0.25) is 0 Å². The Bertz CT molecular complexity index is 1360. The number of piperazine rings is 1. The van der Waals surface area contributed by atoms with Gasteiger partial charge in [0.05, 0.1) is 12.1 Å². The molecule has 3 N–H and O–H groups in total. The van der Waals surface area contributed by atoms with Crippen molar-refractivity contribution >= 4 is 56.7 Å². The van der Waals surface area contributed by atoms with Gasteiger partial charge in [-0.15, -0.1) is 0 Å². The number of carboxylic acids is 2. The lowest BCUT2D eigenvalue weighted by atomic mass is 9.80. The fraction of sp³-hybridized carbons (Fsp3) is 0.481. The van der Waals surface area contributed by atoms with Crippen molar-refractivity contribution in [3.63, 3.8) is 0 Å². The van der Waals surface area contributed by atoms with E-state index in [1.807, 2.05) is 0 Å². The Kier molecular flexibility index (Phi) is 9.31. The second-order valence-corrected chi connectivity index (χ2v) is 10.8. The van der Waals surface area contributed by atoms with E-state index in [1.54, 1.807) is 25.1 Å². The molecule has 1 aliphatic heterocycles. The Morgan fingerprint density at radius 2 is 1.76 bits per heavy atom. The number of hydrogen-bond donors (Lipinski definition) is 3. The molecule has 0 spiro atoms. The molecular weight excluding hydrogens is 604 g/mol. The largest absolute Gasteiger partial charge is 0.481 e. The molecule has 2 fully saturated rings. The summed E-state index contributed by atoms with van der Waals surface area (Å²) in [6.07, 6.45) is 0.318. The molecule has 2 heterocycles. The van der Waals surface area contributed by atoms with Crippen molar-refractivity contribution in [1.29, 1.82) is 0 Å². The highest BCUT2D eigenvalue weighted by molar-refractivity contribution is 9.10. The van der Waals surface area contributed by atoms with Gasteiger partial charge in [-0.2, -0.15) is 0 Å². The third-order valence-corrected chi connectivity index (χ3v) is 7.68. The van der Waals surface area contributed by atoms with Crippen LogP contribution < -0.4 is 10.1 Å². The molecule has 1 saturated heterocycles. The first-order valence-corrected chi connectivity index (χ1v) is 14.1. The van der Waals surface area contributed by atoms with E-state index in [0.29, 0.717) is 34.6 Å². The maximum atomic E-state index is 13.4. The lowest BCUT2D eigenvalue weighted by Crippen LogP contribution is -2.56. The number of aromatic nitrogens is 1. The van der Waals surface area contributed by atoms with Crippen LogP contribution in [0.15, 0.2) is 28.7 Å². The van der Waals surface area contributed by atoms with E-state index in [4.69, 9.17) is 9.47 Å². The number of fused-ring (bicyclic) bond motifs is 1. The van der Waals surface area contributed by atoms with Crippen molar-refractivity contribution in [2.75, 3.05) is 32.8 Å². The van der Waals surface area contributed by atoms with Crippen molar-refractivity contribution in [1.82, 2.24) is 20.1 Å². The maximum absolute atomic E-state index is 13.4. The lowest BCUT2D eigenvalue weighted by molar-refractivity contribution is -0.163. The fourth-order valence-corrected chi connectivity index (χ4v) is 5.09. The van der Waals surface area contributed by atoms with Crippen LogP contribution >= 0.6 is 15.9 Å². The highest BCUT2D eigenvalue weighted by Crippen LogP contribution is 2.39. The third-order valence-electron chi connectivity index (χ3n) is 7.19. The second kappa shape index (κ2) is 12.7. The highest BCUT2D eigenvalue weighted by Gasteiger charge is 2.47. The summed E-state index contributed by atoms with van der Waals surface area (Å²) in [4.78, 5) is 69.4. The molecule has 1 aromatic heterocycles. The number of benzene rings is 1. The minimum absolute atomic E-state index is 0.120. The number of nitrogens with one attached hydrogen (secondary N) is 1. The summed E-state index contributed by atoms with van der Waals surface area (Å²) in [7, 11) is 0. The molecule has 41 heavy (non-hydrogen) atoms. The molecule has 0 bridgehead atoms. The average molecular weight is 635 g/mol. The van der Waals surface area contributed by atoms with Crippen molar-refractivity contribution in [3.05, 3.63) is 34.4 Å². The smallest absolute Gasteiger partial charge is 0.409 e. The summed E-state index contributed by atoms with van der Waals surface area (Å²) in [6, 6.07) is 5.27. The second-order valence-electron chi connectivity index (χ2n) is 9.89. The Labute approximate surface area is 243 Å². The molecule has 2 aromatic rings. The summed E-state index contributed by atoms with van der Waals surface area (Å²) in [6.45, 7) is 2.77. The summed E-state index contributed by atoms with van der Waals surface area (Å²) in [5.74, 6) is -3.29. The first kappa shape index (κ1) is 30.0. The van der Waals surface area contributed by atoms with Gasteiger partial charge in [0.1, 0.15) is 17.5 Å². The van der Waals surface area contributed by atoms with Crippen molar-refractivity contribution < 1.29 is 43.7 Å². The fourth-order valence-electron chi connectivity index (χ4n) is 4.74. The van der Waals surface area contributed by atoms with E-state index in [9.17, 15) is 34.2 Å². The van der Waals surface area contributed by atoms with Crippen LogP contribution in [0.4, 0.5) is 4.79 Å². The first-order valence-electron chi connectivity index (χ1n) is 13.3. The number of pyridine rings is 1. The van der Waals surface area contributed by atoms with Gasteiger partial charge < -0.3 is 34.8 Å². The van der Waals surface area contributed by atoms with Gasteiger partial charge in [-0.1, -0.05) is 15.9 Å². The topological polar surface area (TPSA) is 176 Å². The molecule has 2 aliphatic rings. The number of ether oxygens (including phenoxy) is 2. The molecule has 1 aromatic carbocycles. The van der Waals surface area contributed by atoms with E-state index in [1.165, 1.54) is 15.9 Å². The molecule has 4 rings (SSSR count). The van der Waals surface area contributed by atoms with Gasteiger partial charge in [0.2, 0.25) is 11.5 Å². The molecule has 13 nitrogen and oxygen atoms in total. The summed E-state index contributed by atoms with van der Waals surface area (Å²) in [5, 5.41) is 22.1. The van der Waals surface area contributed by atoms with Crippen LogP contribution in [0.1, 0.15) is 49.5 Å². The quantitative estimate of drug-likeness (QED) is 0.352. The zero-order valence-corrected chi connectivity index (χ0v) is 24.0. The average Bonchev–Trinajstić information content (AvgIpc) is 2.91. The number of carbonyl (C=O) groups is 5. The monoisotopic (exact) mass is 634 g/mol. The van der Waals surface area contributed by atoms with E-state index in [2.05, 4.69) is 26.2 Å².